The summed E-state index contributed by atoms with van der Waals surface area (Å²) in [7, 11) is -3.78. The van der Waals surface area contributed by atoms with Crippen molar-refractivity contribution in [2.75, 3.05) is 6.54 Å². The maximum absolute atomic E-state index is 11.8. The van der Waals surface area contributed by atoms with E-state index in [9.17, 15) is 13.2 Å². The van der Waals surface area contributed by atoms with Gasteiger partial charge in [-0.2, -0.15) is 0 Å². The van der Waals surface area contributed by atoms with Crippen molar-refractivity contribution in [1.29, 1.82) is 0 Å². The van der Waals surface area contributed by atoms with Crippen LogP contribution in [0.2, 0.25) is 0 Å². The second-order valence-corrected chi connectivity index (χ2v) is 5.29. The first-order valence-corrected chi connectivity index (χ1v) is 6.73. The first-order valence-electron chi connectivity index (χ1n) is 5.24. The lowest BCUT2D eigenvalue weighted by Crippen LogP contribution is -2.30. The van der Waals surface area contributed by atoms with Gasteiger partial charge in [-0.05, 0) is 0 Å². The van der Waals surface area contributed by atoms with Crippen LogP contribution in [-0.2, 0) is 16.4 Å². The summed E-state index contributed by atoms with van der Waals surface area (Å²) in [5, 5.41) is 0. The standard InChI is InChI=1S/C10H12N4O3S/c15-8-1-3-11-7-9(8)18(16,17)14-4-2-10-12-5-6-13-10/h1,3,5-7,14H,2,4H2,(H,11,15)(H,12,13). The van der Waals surface area contributed by atoms with Crippen LogP contribution in [0.15, 0.2) is 40.5 Å². The average Bonchev–Trinajstić information content (AvgIpc) is 2.82. The third-order valence-electron chi connectivity index (χ3n) is 2.29. The highest BCUT2D eigenvalue weighted by Crippen LogP contribution is 1.99. The molecule has 0 aliphatic heterocycles. The molecule has 0 aromatic carbocycles. The SMILES string of the molecule is O=c1cc[nH]cc1S(=O)(=O)NCCc1ncc[nH]1. The highest BCUT2D eigenvalue weighted by Gasteiger charge is 2.16. The van der Waals surface area contributed by atoms with Crippen LogP contribution in [0.3, 0.4) is 0 Å². The Morgan fingerprint density at radius 1 is 1.33 bits per heavy atom. The van der Waals surface area contributed by atoms with Crippen LogP contribution in [0.1, 0.15) is 5.82 Å². The number of imidazole rings is 1. The number of rotatable bonds is 5. The molecule has 2 aromatic heterocycles. The minimum Gasteiger partial charge on any atom is -0.366 e. The van der Waals surface area contributed by atoms with Crippen molar-refractivity contribution in [3.63, 3.8) is 0 Å². The Labute approximate surface area is 103 Å². The molecule has 96 valence electrons. The van der Waals surface area contributed by atoms with Gasteiger partial charge in [0.1, 0.15) is 10.7 Å². The van der Waals surface area contributed by atoms with E-state index in [0.717, 1.165) is 6.20 Å². The summed E-state index contributed by atoms with van der Waals surface area (Å²) in [4.78, 5) is 20.5. The van der Waals surface area contributed by atoms with Crippen LogP contribution < -0.4 is 10.2 Å². The molecule has 18 heavy (non-hydrogen) atoms. The van der Waals surface area contributed by atoms with Crippen LogP contribution in [0.4, 0.5) is 0 Å². The summed E-state index contributed by atoms with van der Waals surface area (Å²) >= 11 is 0. The van der Waals surface area contributed by atoms with Crippen LogP contribution in [0.5, 0.6) is 0 Å². The van der Waals surface area contributed by atoms with Crippen LogP contribution in [0.25, 0.3) is 0 Å². The first-order chi connectivity index (χ1) is 8.59. The second kappa shape index (κ2) is 5.15. The summed E-state index contributed by atoms with van der Waals surface area (Å²) in [5.41, 5.74) is -0.542. The van der Waals surface area contributed by atoms with Crippen LogP contribution in [0, 0.1) is 0 Å². The molecule has 0 amide bonds. The van der Waals surface area contributed by atoms with Gasteiger partial charge in [0.25, 0.3) is 0 Å². The van der Waals surface area contributed by atoms with E-state index in [0.29, 0.717) is 12.2 Å². The Morgan fingerprint density at radius 2 is 2.17 bits per heavy atom. The molecule has 2 heterocycles. The van der Waals surface area contributed by atoms with E-state index >= 15 is 0 Å². The maximum Gasteiger partial charge on any atom is 0.245 e. The van der Waals surface area contributed by atoms with Gasteiger partial charge >= 0.3 is 0 Å². The number of nitrogens with zero attached hydrogens (tertiary/aromatic N) is 1. The highest BCUT2D eigenvalue weighted by atomic mass is 32.2. The van der Waals surface area contributed by atoms with E-state index in [1.54, 1.807) is 12.4 Å². The molecular weight excluding hydrogens is 256 g/mol. The molecule has 0 saturated heterocycles. The van der Waals surface area contributed by atoms with E-state index < -0.39 is 15.5 Å². The largest absolute Gasteiger partial charge is 0.366 e. The number of hydrogen-bond donors (Lipinski definition) is 3. The number of hydrogen-bond acceptors (Lipinski definition) is 4. The number of H-pyrrole nitrogens is 2. The molecule has 0 saturated carbocycles. The summed E-state index contributed by atoms with van der Waals surface area (Å²) < 4.78 is 26.0. The third kappa shape index (κ3) is 2.84. The number of aromatic nitrogens is 3. The predicted molar refractivity (Wildman–Crippen MR) is 64.5 cm³/mol. The fraction of sp³-hybridized carbons (Fsp3) is 0.200. The first kappa shape index (κ1) is 12.5. The van der Waals surface area contributed by atoms with Gasteiger partial charge in [-0.3, -0.25) is 4.79 Å². The molecule has 0 radical (unpaired) electrons. The zero-order valence-electron chi connectivity index (χ0n) is 9.38. The minimum atomic E-state index is -3.78. The van der Waals surface area contributed by atoms with Gasteiger partial charge in [-0.1, -0.05) is 0 Å². The Morgan fingerprint density at radius 3 is 2.83 bits per heavy atom. The Balaban J connectivity index is 2.04. The number of nitrogens with one attached hydrogen (secondary N) is 3. The van der Waals surface area contributed by atoms with Crippen molar-refractivity contribution in [1.82, 2.24) is 19.7 Å². The van der Waals surface area contributed by atoms with Crippen molar-refractivity contribution in [2.24, 2.45) is 0 Å². The van der Waals surface area contributed by atoms with Crippen molar-refractivity contribution < 1.29 is 8.42 Å². The Kier molecular flexibility index (Phi) is 3.58. The highest BCUT2D eigenvalue weighted by molar-refractivity contribution is 7.89. The lowest BCUT2D eigenvalue weighted by Gasteiger charge is -2.04. The molecule has 8 heteroatoms. The Bertz CT molecular complexity index is 660. The molecule has 0 atom stereocenters. The van der Waals surface area contributed by atoms with Crippen LogP contribution in [-0.4, -0.2) is 29.9 Å². The van der Waals surface area contributed by atoms with E-state index in [-0.39, 0.29) is 11.4 Å². The summed E-state index contributed by atoms with van der Waals surface area (Å²) in [6, 6.07) is 1.17. The van der Waals surface area contributed by atoms with Gasteiger partial charge in [0.2, 0.25) is 15.5 Å². The molecule has 3 N–H and O–H groups in total. The fourth-order valence-electron chi connectivity index (χ4n) is 1.43. The number of pyridine rings is 1. The van der Waals surface area contributed by atoms with E-state index in [1.807, 2.05) is 0 Å². The van der Waals surface area contributed by atoms with Gasteiger partial charge in [-0.15, -0.1) is 0 Å². The normalized spacial score (nSPS) is 11.6. The van der Waals surface area contributed by atoms with Gasteiger partial charge in [-0.25, -0.2) is 18.1 Å². The zero-order chi connectivity index (χ0) is 13.0. The molecule has 0 spiro atoms. The summed E-state index contributed by atoms with van der Waals surface area (Å²) in [5.74, 6) is 0.680. The lowest BCUT2D eigenvalue weighted by atomic mass is 10.4. The molecule has 0 fully saturated rings. The van der Waals surface area contributed by atoms with E-state index in [1.165, 1.54) is 12.3 Å². The minimum absolute atomic E-state index is 0.171. The van der Waals surface area contributed by atoms with Gasteiger partial charge in [0.15, 0.2) is 0 Å². The van der Waals surface area contributed by atoms with Gasteiger partial charge < -0.3 is 9.97 Å². The van der Waals surface area contributed by atoms with Crippen molar-refractivity contribution in [2.45, 2.75) is 11.3 Å². The van der Waals surface area contributed by atoms with Gasteiger partial charge in [0, 0.05) is 43.8 Å². The molecular formula is C10H12N4O3S. The fourth-order valence-corrected chi connectivity index (χ4v) is 2.51. The summed E-state index contributed by atoms with van der Waals surface area (Å²) in [6.07, 6.45) is 6.22. The molecule has 2 aromatic rings. The smallest absolute Gasteiger partial charge is 0.245 e. The van der Waals surface area contributed by atoms with E-state index in [4.69, 9.17) is 0 Å². The van der Waals surface area contributed by atoms with E-state index in [2.05, 4.69) is 19.7 Å². The number of sulfonamides is 1. The summed E-state index contributed by atoms with van der Waals surface area (Å²) in [6.45, 7) is 0.171. The van der Waals surface area contributed by atoms with Crippen LogP contribution >= 0.6 is 0 Å². The van der Waals surface area contributed by atoms with Crippen molar-refractivity contribution >= 4 is 10.0 Å². The Hall–Kier alpha value is -1.93. The van der Waals surface area contributed by atoms with Crippen molar-refractivity contribution in [3.8, 4) is 0 Å². The van der Waals surface area contributed by atoms with Gasteiger partial charge in [0.05, 0.1) is 0 Å². The monoisotopic (exact) mass is 268 g/mol. The lowest BCUT2D eigenvalue weighted by molar-refractivity contribution is 0.580. The molecule has 2 rings (SSSR count). The zero-order valence-corrected chi connectivity index (χ0v) is 10.2. The third-order valence-corrected chi connectivity index (χ3v) is 3.77. The second-order valence-electron chi connectivity index (χ2n) is 3.56. The quantitative estimate of drug-likeness (QED) is 0.686. The topological polar surface area (TPSA) is 108 Å². The number of aromatic amines is 2. The molecule has 0 unspecified atom stereocenters. The molecule has 0 aliphatic carbocycles. The molecule has 0 aliphatic rings. The average molecular weight is 268 g/mol. The molecule has 7 nitrogen and oxygen atoms in total. The molecule has 0 bridgehead atoms. The van der Waals surface area contributed by atoms with Crippen molar-refractivity contribution in [3.05, 3.63) is 46.9 Å². The maximum atomic E-state index is 11.8. The predicted octanol–water partition coefficient (Wildman–Crippen LogP) is -0.381.